The van der Waals surface area contributed by atoms with E-state index in [0.717, 1.165) is 23.8 Å². The van der Waals surface area contributed by atoms with Crippen LogP contribution in [0.25, 0.3) is 0 Å². The van der Waals surface area contributed by atoms with Gasteiger partial charge in [-0.2, -0.15) is 26.3 Å². The summed E-state index contributed by atoms with van der Waals surface area (Å²) in [5.74, 6) is -5.73. The average Bonchev–Trinajstić information content (AvgIpc) is 3.86. The highest BCUT2D eigenvalue weighted by molar-refractivity contribution is 6.06. The molecule has 0 radical (unpaired) electrons. The molecule has 0 aromatic heterocycles. The van der Waals surface area contributed by atoms with Gasteiger partial charge >= 0.3 is 12.4 Å². The summed E-state index contributed by atoms with van der Waals surface area (Å²) in [5, 5.41) is 0. The Labute approximate surface area is 354 Å². The topological polar surface area (TPSA) is 52.4 Å². The van der Waals surface area contributed by atoms with E-state index < -0.39 is 66.4 Å². The van der Waals surface area contributed by atoms with Gasteiger partial charge in [0.05, 0.1) is 12.1 Å². The van der Waals surface area contributed by atoms with E-state index in [1.54, 1.807) is 12.1 Å². The molecule has 2 aromatic rings. The molecule has 0 unspecified atom stereocenters. The second kappa shape index (κ2) is 19.9. The number of rotatable bonds is 21. The van der Waals surface area contributed by atoms with Crippen LogP contribution in [0.2, 0.25) is 0 Å². The minimum Gasteiger partial charge on any atom is -0.489 e. The SMILES string of the molecule is CC(Cc1ccc(OCc2cc(C(F)(F)CCCCCCC(F)(F)F)cc(C(F)(F)CCCCCCC(F)(F)F)c2)cc1)(C1=N[C@@H](C(C)(C)C)CO1)C1=N[C@@H](C(C)(C)C)CO1. The van der Waals surface area contributed by atoms with Gasteiger partial charge in [0.2, 0.25) is 0 Å². The Kier molecular flexibility index (Phi) is 16.3. The Morgan fingerprint density at radius 1 is 0.525 bits per heavy atom. The van der Waals surface area contributed by atoms with Gasteiger partial charge in [-0.3, -0.25) is 0 Å². The number of unbranched alkanes of at least 4 members (excludes halogenated alkanes) is 6. The highest BCUT2D eigenvalue weighted by Gasteiger charge is 2.48. The first-order chi connectivity index (χ1) is 28.1. The van der Waals surface area contributed by atoms with Crippen molar-refractivity contribution in [1.29, 1.82) is 0 Å². The lowest BCUT2D eigenvalue weighted by Crippen LogP contribution is -2.39. The van der Waals surface area contributed by atoms with Gasteiger partial charge in [-0.1, -0.05) is 79.4 Å². The van der Waals surface area contributed by atoms with E-state index in [0.29, 0.717) is 37.2 Å². The molecule has 2 atom stereocenters. The summed E-state index contributed by atoms with van der Waals surface area (Å²) in [5.41, 5.74) is -1.53. The van der Waals surface area contributed by atoms with Crippen LogP contribution in [0, 0.1) is 16.2 Å². The number of benzene rings is 2. The van der Waals surface area contributed by atoms with Crippen LogP contribution >= 0.6 is 0 Å². The Balaban J connectivity index is 1.52. The molecular formula is C46H62F10N2O3. The molecule has 0 saturated heterocycles. The molecule has 2 heterocycles. The number of alkyl halides is 10. The first-order valence-electron chi connectivity index (χ1n) is 21.3. The first-order valence-corrected chi connectivity index (χ1v) is 21.3. The Morgan fingerprint density at radius 3 is 1.28 bits per heavy atom. The lowest BCUT2D eigenvalue weighted by Gasteiger charge is -2.28. The molecular weight excluding hydrogens is 818 g/mol. The molecule has 0 N–H and O–H groups in total. The van der Waals surface area contributed by atoms with Crippen molar-refractivity contribution in [3.05, 3.63) is 64.7 Å². The van der Waals surface area contributed by atoms with Crippen LogP contribution in [0.1, 0.15) is 148 Å². The highest BCUT2D eigenvalue weighted by Crippen LogP contribution is 2.42. The summed E-state index contributed by atoms with van der Waals surface area (Å²) in [6.45, 7) is 15.1. The van der Waals surface area contributed by atoms with Gasteiger partial charge < -0.3 is 14.2 Å². The van der Waals surface area contributed by atoms with Crippen molar-refractivity contribution in [3.63, 3.8) is 0 Å². The summed E-state index contributed by atoms with van der Waals surface area (Å²) in [7, 11) is 0. The van der Waals surface area contributed by atoms with Crippen LogP contribution in [-0.4, -0.2) is 49.4 Å². The van der Waals surface area contributed by atoms with E-state index in [1.165, 1.54) is 0 Å². The van der Waals surface area contributed by atoms with Gasteiger partial charge in [-0.15, -0.1) is 0 Å². The third-order valence-corrected chi connectivity index (χ3v) is 11.4. The monoisotopic (exact) mass is 880 g/mol. The third-order valence-electron chi connectivity index (χ3n) is 11.4. The van der Waals surface area contributed by atoms with Gasteiger partial charge in [0, 0.05) is 36.8 Å². The van der Waals surface area contributed by atoms with E-state index in [1.807, 2.05) is 19.1 Å². The van der Waals surface area contributed by atoms with Crippen LogP contribution < -0.4 is 4.74 Å². The second-order valence-electron chi connectivity index (χ2n) is 19.1. The molecule has 0 saturated carbocycles. The molecule has 0 spiro atoms. The minimum absolute atomic E-state index is 0.0495. The first kappa shape index (κ1) is 50.1. The highest BCUT2D eigenvalue weighted by atomic mass is 19.4. The number of ether oxygens (including phenoxy) is 3. The van der Waals surface area contributed by atoms with Crippen molar-refractivity contribution < 1.29 is 58.1 Å². The van der Waals surface area contributed by atoms with Crippen molar-refractivity contribution in [1.82, 2.24) is 0 Å². The van der Waals surface area contributed by atoms with E-state index in [-0.39, 0.29) is 86.5 Å². The number of nitrogens with zero attached hydrogens (tertiary/aromatic N) is 2. The van der Waals surface area contributed by atoms with Gasteiger partial charge in [0.1, 0.15) is 31.0 Å². The quantitative estimate of drug-likeness (QED) is 0.0927. The fraction of sp³-hybridized carbons (Fsp3) is 0.696. The molecule has 15 heteroatoms. The van der Waals surface area contributed by atoms with Gasteiger partial charge in [0.25, 0.3) is 11.8 Å². The molecule has 0 bridgehead atoms. The summed E-state index contributed by atoms with van der Waals surface area (Å²) < 4.78 is 156. The maximum Gasteiger partial charge on any atom is 0.389 e. The Bertz CT molecular complexity index is 1680. The number of hydrogen-bond donors (Lipinski definition) is 0. The van der Waals surface area contributed by atoms with Crippen molar-refractivity contribution in [2.75, 3.05) is 13.2 Å². The zero-order chi connectivity index (χ0) is 45.5. The predicted molar refractivity (Wildman–Crippen MR) is 218 cm³/mol. The molecule has 5 nitrogen and oxygen atoms in total. The third kappa shape index (κ3) is 15.4. The molecule has 2 aliphatic rings. The molecule has 344 valence electrons. The minimum atomic E-state index is -4.34. The van der Waals surface area contributed by atoms with E-state index >= 15 is 17.6 Å². The Hall–Kier alpha value is -3.52. The summed E-state index contributed by atoms with van der Waals surface area (Å²) >= 11 is 0. The van der Waals surface area contributed by atoms with Gasteiger partial charge in [-0.05, 0) is 91.3 Å². The van der Waals surface area contributed by atoms with Crippen molar-refractivity contribution in [2.24, 2.45) is 26.2 Å². The summed E-state index contributed by atoms with van der Waals surface area (Å²) in [6, 6.07) is 9.84. The lowest BCUT2D eigenvalue weighted by atomic mass is 9.82. The lowest BCUT2D eigenvalue weighted by molar-refractivity contribution is -0.136. The number of hydrogen-bond acceptors (Lipinski definition) is 5. The maximum atomic E-state index is 15.6. The molecule has 0 amide bonds. The van der Waals surface area contributed by atoms with Gasteiger partial charge in [-0.25, -0.2) is 27.5 Å². The van der Waals surface area contributed by atoms with Gasteiger partial charge in [0.15, 0.2) is 11.8 Å². The number of halogens is 10. The molecule has 2 aromatic carbocycles. The second-order valence-corrected chi connectivity index (χ2v) is 19.1. The average molecular weight is 881 g/mol. The molecule has 4 rings (SSSR count). The summed E-state index contributed by atoms with van der Waals surface area (Å²) in [4.78, 5) is 9.98. The maximum absolute atomic E-state index is 15.6. The van der Waals surface area contributed by atoms with E-state index in [9.17, 15) is 26.3 Å². The fourth-order valence-corrected chi connectivity index (χ4v) is 7.30. The van der Waals surface area contributed by atoms with E-state index in [2.05, 4.69) is 41.5 Å². The van der Waals surface area contributed by atoms with Crippen LogP contribution in [0.4, 0.5) is 43.9 Å². The van der Waals surface area contributed by atoms with Crippen LogP contribution in [0.15, 0.2) is 52.4 Å². The van der Waals surface area contributed by atoms with E-state index in [4.69, 9.17) is 24.2 Å². The largest absolute Gasteiger partial charge is 0.489 e. The normalized spacial score (nSPS) is 18.2. The van der Waals surface area contributed by atoms with Crippen molar-refractivity contribution >= 4 is 11.8 Å². The predicted octanol–water partition coefficient (Wildman–Crippen LogP) is 14.5. The summed E-state index contributed by atoms with van der Waals surface area (Å²) in [6.07, 6.45) is -12.0. The van der Waals surface area contributed by atoms with Crippen LogP contribution in [-0.2, 0) is 34.3 Å². The standard InChI is InChI=1S/C46H62F10N2O3/c1-40(2,3)36-29-60-38(57-36)42(7,39-58-37(30-61-39)41(4,5)6)27-31-16-18-35(19-17-31)59-28-32-24-33(43(47,48)20-12-8-10-14-22-45(51,52)53)26-34(25-32)44(49,50)21-13-9-11-15-23-46(54,55)56/h16-19,24-26,36-37H,8-15,20-23,27-30H2,1-7H3/t36-,37-/m1/s1. The molecule has 2 aliphatic heterocycles. The molecule has 61 heavy (non-hydrogen) atoms. The van der Waals surface area contributed by atoms with Crippen molar-refractivity contribution in [3.8, 4) is 5.75 Å². The smallest absolute Gasteiger partial charge is 0.389 e. The zero-order valence-electron chi connectivity index (χ0n) is 36.4. The fourth-order valence-electron chi connectivity index (χ4n) is 7.30. The number of aliphatic imine (C=N–C) groups is 2. The van der Waals surface area contributed by atoms with Crippen LogP contribution in [0.5, 0.6) is 5.75 Å². The molecule has 0 fully saturated rings. The van der Waals surface area contributed by atoms with Crippen molar-refractivity contribution in [2.45, 2.75) is 175 Å². The van der Waals surface area contributed by atoms with Crippen LogP contribution in [0.3, 0.4) is 0 Å². The molecule has 0 aliphatic carbocycles. The Morgan fingerprint density at radius 2 is 0.918 bits per heavy atom. The zero-order valence-corrected chi connectivity index (χ0v) is 36.4.